The Balaban J connectivity index is 2.98. The first-order valence-corrected chi connectivity index (χ1v) is 5.54. The van der Waals surface area contributed by atoms with Crippen molar-refractivity contribution >= 4 is 0 Å². The van der Waals surface area contributed by atoms with Gasteiger partial charge in [0, 0.05) is 12.0 Å². The Morgan fingerprint density at radius 1 is 1.32 bits per heavy atom. The summed E-state index contributed by atoms with van der Waals surface area (Å²) >= 11 is 0. The van der Waals surface area contributed by atoms with Gasteiger partial charge >= 0.3 is 12.3 Å². The highest BCUT2D eigenvalue weighted by molar-refractivity contribution is 5.35. The Morgan fingerprint density at radius 2 is 1.95 bits per heavy atom. The average molecular weight is 284 g/mol. The molecule has 0 amide bonds. The molecule has 0 saturated heterocycles. The van der Waals surface area contributed by atoms with E-state index in [4.69, 9.17) is 4.74 Å². The molecule has 0 heterocycles. The molecule has 0 saturated carbocycles. The second-order valence-corrected chi connectivity index (χ2v) is 3.90. The fraction of sp³-hybridized carbons (Fsp3) is 0.500. The summed E-state index contributed by atoms with van der Waals surface area (Å²) in [7, 11) is 0. The third-order valence-electron chi connectivity index (χ3n) is 2.42. The molecule has 19 heavy (non-hydrogen) atoms. The largest absolute Gasteiger partial charge is 0.493 e. The third kappa shape index (κ3) is 4.05. The summed E-state index contributed by atoms with van der Waals surface area (Å²) in [5.74, 6) is -5.14. The van der Waals surface area contributed by atoms with Crippen LogP contribution in [0.25, 0.3) is 0 Å². The van der Waals surface area contributed by atoms with Crippen LogP contribution in [0.2, 0.25) is 0 Å². The quantitative estimate of drug-likeness (QED) is 0.809. The molecule has 0 bridgehead atoms. The van der Waals surface area contributed by atoms with Crippen molar-refractivity contribution in [3.8, 4) is 5.75 Å². The zero-order valence-corrected chi connectivity index (χ0v) is 10.0. The SMILES string of the molecule is CCOc1ccc(F)cc1C(O)CC(F)(F)C(F)F. The lowest BCUT2D eigenvalue weighted by molar-refractivity contribution is -0.149. The van der Waals surface area contributed by atoms with Crippen LogP contribution in [0.3, 0.4) is 0 Å². The molecule has 0 aliphatic rings. The van der Waals surface area contributed by atoms with Crippen molar-refractivity contribution in [3.63, 3.8) is 0 Å². The summed E-state index contributed by atoms with van der Waals surface area (Å²) in [6.07, 6.45) is -7.35. The Kier molecular flexibility index (Phi) is 5.11. The number of rotatable bonds is 6. The van der Waals surface area contributed by atoms with E-state index in [-0.39, 0.29) is 17.9 Å². The number of hydrogen-bond acceptors (Lipinski definition) is 2. The molecule has 0 aliphatic heterocycles. The minimum Gasteiger partial charge on any atom is -0.493 e. The molecule has 1 aromatic carbocycles. The first-order valence-electron chi connectivity index (χ1n) is 5.54. The lowest BCUT2D eigenvalue weighted by atomic mass is 10.0. The van der Waals surface area contributed by atoms with E-state index in [1.54, 1.807) is 6.92 Å². The van der Waals surface area contributed by atoms with E-state index in [0.29, 0.717) is 0 Å². The molecular formula is C12H13F5O2. The molecule has 7 heteroatoms. The number of aliphatic hydroxyl groups excluding tert-OH is 1. The van der Waals surface area contributed by atoms with Gasteiger partial charge in [0.15, 0.2) is 0 Å². The first kappa shape index (κ1) is 15.7. The van der Waals surface area contributed by atoms with Crippen LogP contribution in [0, 0.1) is 5.82 Å². The minimum atomic E-state index is -4.35. The van der Waals surface area contributed by atoms with Crippen LogP contribution < -0.4 is 4.74 Å². The Morgan fingerprint density at radius 3 is 2.47 bits per heavy atom. The maximum absolute atomic E-state index is 13.0. The fourth-order valence-electron chi connectivity index (χ4n) is 1.52. The molecule has 0 radical (unpaired) electrons. The third-order valence-corrected chi connectivity index (χ3v) is 2.42. The van der Waals surface area contributed by atoms with Gasteiger partial charge in [-0.15, -0.1) is 0 Å². The lowest BCUT2D eigenvalue weighted by Crippen LogP contribution is -2.29. The zero-order chi connectivity index (χ0) is 14.6. The number of alkyl halides is 4. The number of halogens is 5. The maximum atomic E-state index is 13.0. The standard InChI is InChI=1S/C12H13F5O2/c1-2-19-10-4-3-7(13)5-8(10)9(18)6-12(16,17)11(14)15/h3-5,9,11,18H,2,6H2,1H3. The van der Waals surface area contributed by atoms with E-state index in [9.17, 15) is 27.1 Å². The number of benzene rings is 1. The van der Waals surface area contributed by atoms with E-state index in [2.05, 4.69) is 0 Å². The van der Waals surface area contributed by atoms with Crippen molar-refractivity contribution in [2.24, 2.45) is 0 Å². The molecular weight excluding hydrogens is 271 g/mol. The van der Waals surface area contributed by atoms with Gasteiger partial charge in [0.1, 0.15) is 11.6 Å². The molecule has 1 rings (SSSR count). The van der Waals surface area contributed by atoms with Crippen LogP contribution in [0.1, 0.15) is 25.0 Å². The highest BCUT2D eigenvalue weighted by Gasteiger charge is 2.43. The smallest absolute Gasteiger partial charge is 0.310 e. The van der Waals surface area contributed by atoms with Crippen molar-refractivity contribution in [1.29, 1.82) is 0 Å². The van der Waals surface area contributed by atoms with Gasteiger partial charge in [-0.1, -0.05) is 0 Å². The van der Waals surface area contributed by atoms with E-state index < -0.39 is 30.7 Å². The van der Waals surface area contributed by atoms with Crippen molar-refractivity contribution in [3.05, 3.63) is 29.6 Å². The van der Waals surface area contributed by atoms with Gasteiger partial charge in [0.2, 0.25) is 0 Å². The Bertz CT molecular complexity index is 423. The van der Waals surface area contributed by atoms with Gasteiger partial charge in [0.25, 0.3) is 0 Å². The van der Waals surface area contributed by atoms with E-state index in [1.165, 1.54) is 0 Å². The van der Waals surface area contributed by atoms with Gasteiger partial charge in [-0.2, -0.15) is 0 Å². The molecule has 1 atom stereocenters. The van der Waals surface area contributed by atoms with Crippen LogP contribution in [0.15, 0.2) is 18.2 Å². The summed E-state index contributed by atoms with van der Waals surface area (Å²) in [6, 6.07) is 2.96. The monoisotopic (exact) mass is 284 g/mol. The number of aliphatic hydroxyl groups is 1. The highest BCUT2D eigenvalue weighted by Crippen LogP contribution is 2.36. The number of ether oxygens (including phenoxy) is 1. The molecule has 1 aromatic rings. The van der Waals surface area contributed by atoms with Crippen molar-refractivity contribution in [1.82, 2.24) is 0 Å². The van der Waals surface area contributed by atoms with Gasteiger partial charge in [-0.25, -0.2) is 22.0 Å². The summed E-state index contributed by atoms with van der Waals surface area (Å²) in [4.78, 5) is 0. The van der Waals surface area contributed by atoms with Gasteiger partial charge in [-0.3, -0.25) is 0 Å². The van der Waals surface area contributed by atoms with Crippen molar-refractivity contribution < 1.29 is 31.8 Å². The van der Waals surface area contributed by atoms with Gasteiger partial charge in [-0.05, 0) is 25.1 Å². The van der Waals surface area contributed by atoms with Crippen LogP contribution in [0.4, 0.5) is 22.0 Å². The summed E-state index contributed by atoms with van der Waals surface area (Å²) < 4.78 is 67.9. The predicted molar refractivity (Wildman–Crippen MR) is 58.1 cm³/mol. The second kappa shape index (κ2) is 6.18. The molecule has 1 N–H and O–H groups in total. The van der Waals surface area contributed by atoms with Crippen molar-refractivity contribution in [2.75, 3.05) is 6.61 Å². The molecule has 0 aliphatic carbocycles. The lowest BCUT2D eigenvalue weighted by Gasteiger charge is -2.21. The van der Waals surface area contributed by atoms with Crippen molar-refractivity contribution in [2.45, 2.75) is 31.8 Å². The molecule has 1 unspecified atom stereocenters. The molecule has 108 valence electrons. The van der Waals surface area contributed by atoms with E-state index in [1.807, 2.05) is 0 Å². The molecule has 2 nitrogen and oxygen atoms in total. The predicted octanol–water partition coefficient (Wildman–Crippen LogP) is 3.55. The molecule has 0 spiro atoms. The van der Waals surface area contributed by atoms with Crippen LogP contribution in [-0.2, 0) is 0 Å². The minimum absolute atomic E-state index is 0.0125. The summed E-state index contributed by atoms with van der Waals surface area (Å²) in [6.45, 7) is 1.77. The highest BCUT2D eigenvalue weighted by atomic mass is 19.3. The molecule has 0 fully saturated rings. The topological polar surface area (TPSA) is 29.5 Å². The first-order chi connectivity index (χ1) is 8.77. The van der Waals surface area contributed by atoms with Crippen LogP contribution in [-0.4, -0.2) is 24.1 Å². The summed E-state index contributed by atoms with van der Waals surface area (Å²) in [5.41, 5.74) is -0.276. The zero-order valence-electron chi connectivity index (χ0n) is 10.0. The van der Waals surface area contributed by atoms with Gasteiger partial charge in [0.05, 0.1) is 12.7 Å². The van der Waals surface area contributed by atoms with Gasteiger partial charge < -0.3 is 9.84 Å². The fourth-order valence-corrected chi connectivity index (χ4v) is 1.52. The number of hydrogen-bond donors (Lipinski definition) is 1. The average Bonchev–Trinajstić information content (AvgIpc) is 2.30. The maximum Gasteiger partial charge on any atom is 0.310 e. The second-order valence-electron chi connectivity index (χ2n) is 3.90. The van der Waals surface area contributed by atoms with E-state index in [0.717, 1.165) is 18.2 Å². The van der Waals surface area contributed by atoms with Crippen LogP contribution >= 0.6 is 0 Å². The normalized spacial score (nSPS) is 13.7. The Labute approximate surface area is 106 Å². The Hall–Kier alpha value is -1.37. The molecule has 0 aromatic heterocycles. The van der Waals surface area contributed by atoms with E-state index >= 15 is 0 Å². The van der Waals surface area contributed by atoms with Crippen LogP contribution in [0.5, 0.6) is 5.75 Å². The summed E-state index contributed by atoms with van der Waals surface area (Å²) in [5, 5.41) is 9.58.